The van der Waals surface area contributed by atoms with Crippen molar-refractivity contribution in [2.75, 3.05) is 6.54 Å². The molecule has 1 N–H and O–H groups in total. The van der Waals surface area contributed by atoms with Gasteiger partial charge in [-0.25, -0.2) is 9.97 Å². The second kappa shape index (κ2) is 6.27. The first-order chi connectivity index (χ1) is 10.7. The van der Waals surface area contributed by atoms with Crippen molar-refractivity contribution in [1.29, 1.82) is 0 Å². The summed E-state index contributed by atoms with van der Waals surface area (Å²) in [7, 11) is 0. The number of nitrogens with zero attached hydrogens (tertiary/aromatic N) is 3. The van der Waals surface area contributed by atoms with Crippen molar-refractivity contribution in [2.45, 2.75) is 26.8 Å². The van der Waals surface area contributed by atoms with Gasteiger partial charge in [0, 0.05) is 30.6 Å². The van der Waals surface area contributed by atoms with Crippen LogP contribution >= 0.6 is 11.3 Å². The molecule has 6 heteroatoms. The number of aryl methyl sites for hydroxylation is 2. The number of fused-ring (bicyclic) bond motifs is 1. The molecule has 0 aliphatic heterocycles. The lowest BCUT2D eigenvalue weighted by molar-refractivity contribution is 0.0958. The minimum absolute atomic E-state index is 0.0182. The summed E-state index contributed by atoms with van der Waals surface area (Å²) in [5.41, 5.74) is 1.81. The molecule has 1 amide bonds. The van der Waals surface area contributed by atoms with Crippen molar-refractivity contribution in [1.82, 2.24) is 19.9 Å². The fraction of sp³-hybridized carbons (Fsp3) is 0.312. The van der Waals surface area contributed by atoms with Crippen LogP contribution < -0.4 is 5.32 Å². The molecule has 0 saturated heterocycles. The van der Waals surface area contributed by atoms with Gasteiger partial charge in [0.2, 0.25) is 0 Å². The van der Waals surface area contributed by atoms with Gasteiger partial charge >= 0.3 is 0 Å². The molecule has 0 aromatic carbocycles. The van der Waals surface area contributed by atoms with Gasteiger partial charge in [-0.05, 0) is 38.1 Å². The number of rotatable bonds is 5. The van der Waals surface area contributed by atoms with Crippen LogP contribution in [0.25, 0.3) is 11.2 Å². The maximum atomic E-state index is 12.0. The van der Waals surface area contributed by atoms with E-state index in [2.05, 4.69) is 26.8 Å². The molecule has 3 heterocycles. The Bertz CT molecular complexity index is 805. The quantitative estimate of drug-likeness (QED) is 0.788. The molecule has 0 spiro atoms. The Morgan fingerprint density at radius 3 is 2.95 bits per heavy atom. The molecule has 0 saturated carbocycles. The van der Waals surface area contributed by atoms with Crippen molar-refractivity contribution in [2.24, 2.45) is 0 Å². The van der Waals surface area contributed by atoms with Gasteiger partial charge in [0.05, 0.1) is 4.88 Å². The van der Waals surface area contributed by atoms with E-state index in [4.69, 9.17) is 0 Å². The Morgan fingerprint density at radius 1 is 1.36 bits per heavy atom. The third kappa shape index (κ3) is 2.87. The summed E-state index contributed by atoms with van der Waals surface area (Å²) in [6, 6.07) is 7.67. The minimum Gasteiger partial charge on any atom is -0.351 e. The molecule has 0 aliphatic carbocycles. The first kappa shape index (κ1) is 14.7. The van der Waals surface area contributed by atoms with E-state index < -0.39 is 0 Å². The average molecular weight is 314 g/mol. The van der Waals surface area contributed by atoms with Crippen LogP contribution in [-0.4, -0.2) is 27.0 Å². The van der Waals surface area contributed by atoms with Crippen molar-refractivity contribution < 1.29 is 4.79 Å². The Hall–Kier alpha value is -2.21. The van der Waals surface area contributed by atoms with Crippen LogP contribution in [0.3, 0.4) is 0 Å². The number of pyridine rings is 1. The molecule has 0 aliphatic rings. The summed E-state index contributed by atoms with van der Waals surface area (Å²) in [5.74, 6) is 0.939. The summed E-state index contributed by atoms with van der Waals surface area (Å²) in [6.45, 7) is 5.46. The van der Waals surface area contributed by atoms with Crippen molar-refractivity contribution in [3.8, 4) is 0 Å². The predicted molar refractivity (Wildman–Crippen MR) is 88.3 cm³/mol. The fourth-order valence-electron chi connectivity index (χ4n) is 2.46. The average Bonchev–Trinajstić information content (AvgIpc) is 3.10. The summed E-state index contributed by atoms with van der Waals surface area (Å²) in [5, 5.41) is 2.95. The first-order valence-corrected chi connectivity index (χ1v) is 8.15. The van der Waals surface area contributed by atoms with Crippen LogP contribution in [0.1, 0.15) is 27.3 Å². The number of imidazole rings is 1. The molecule has 0 radical (unpaired) electrons. The van der Waals surface area contributed by atoms with E-state index in [0.29, 0.717) is 13.0 Å². The number of hydrogen-bond acceptors (Lipinski definition) is 4. The highest BCUT2D eigenvalue weighted by Gasteiger charge is 2.11. The molecule has 3 aromatic rings. The molecule has 114 valence electrons. The lowest BCUT2D eigenvalue weighted by Gasteiger charge is -2.06. The SMILES string of the molecule is CCn1c(CCNC(=O)c2ccc(C)s2)nc2cccnc21. The molecular weight excluding hydrogens is 296 g/mol. The molecular formula is C16H18N4OS. The number of carbonyl (C=O) groups is 1. The summed E-state index contributed by atoms with van der Waals surface area (Å²) in [6.07, 6.45) is 2.47. The fourth-order valence-corrected chi connectivity index (χ4v) is 3.24. The van der Waals surface area contributed by atoms with E-state index >= 15 is 0 Å². The minimum atomic E-state index is -0.0182. The first-order valence-electron chi connectivity index (χ1n) is 7.34. The second-order valence-electron chi connectivity index (χ2n) is 5.03. The van der Waals surface area contributed by atoms with Crippen LogP contribution in [0.4, 0.5) is 0 Å². The number of nitrogens with one attached hydrogen (secondary N) is 1. The van der Waals surface area contributed by atoms with Gasteiger partial charge in [-0.2, -0.15) is 0 Å². The summed E-state index contributed by atoms with van der Waals surface area (Å²) in [4.78, 5) is 22.9. The van der Waals surface area contributed by atoms with E-state index in [1.54, 1.807) is 6.20 Å². The van der Waals surface area contributed by atoms with Crippen LogP contribution in [0, 0.1) is 6.92 Å². The Labute approximate surface area is 133 Å². The van der Waals surface area contributed by atoms with Gasteiger partial charge in [0.1, 0.15) is 11.3 Å². The molecule has 5 nitrogen and oxygen atoms in total. The topological polar surface area (TPSA) is 59.8 Å². The largest absolute Gasteiger partial charge is 0.351 e. The lowest BCUT2D eigenvalue weighted by atomic mass is 10.3. The summed E-state index contributed by atoms with van der Waals surface area (Å²) < 4.78 is 2.09. The zero-order valence-corrected chi connectivity index (χ0v) is 13.5. The Morgan fingerprint density at radius 2 is 2.23 bits per heavy atom. The maximum Gasteiger partial charge on any atom is 0.261 e. The zero-order valence-electron chi connectivity index (χ0n) is 12.7. The van der Waals surface area contributed by atoms with E-state index in [1.165, 1.54) is 11.3 Å². The Kier molecular flexibility index (Phi) is 4.20. The lowest BCUT2D eigenvalue weighted by Crippen LogP contribution is -2.25. The van der Waals surface area contributed by atoms with Crippen molar-refractivity contribution in [3.05, 3.63) is 46.0 Å². The monoisotopic (exact) mass is 314 g/mol. The summed E-state index contributed by atoms with van der Waals surface area (Å²) >= 11 is 1.51. The van der Waals surface area contributed by atoms with E-state index in [-0.39, 0.29) is 5.91 Å². The highest BCUT2D eigenvalue weighted by atomic mass is 32.1. The van der Waals surface area contributed by atoms with Gasteiger partial charge in [-0.3, -0.25) is 4.79 Å². The molecule has 3 rings (SSSR count). The maximum absolute atomic E-state index is 12.0. The number of thiophene rings is 1. The predicted octanol–water partition coefficient (Wildman–Crippen LogP) is 2.79. The van der Waals surface area contributed by atoms with Gasteiger partial charge in [0.15, 0.2) is 5.65 Å². The molecule has 0 fully saturated rings. The third-order valence-corrected chi connectivity index (χ3v) is 4.50. The molecule has 22 heavy (non-hydrogen) atoms. The smallest absolute Gasteiger partial charge is 0.261 e. The van der Waals surface area contributed by atoms with Crippen LogP contribution in [-0.2, 0) is 13.0 Å². The number of carbonyl (C=O) groups excluding carboxylic acids is 1. The van der Waals surface area contributed by atoms with Crippen molar-refractivity contribution in [3.63, 3.8) is 0 Å². The van der Waals surface area contributed by atoms with Crippen LogP contribution in [0.5, 0.6) is 0 Å². The van der Waals surface area contributed by atoms with E-state index in [1.807, 2.05) is 31.2 Å². The number of aromatic nitrogens is 3. The Balaban J connectivity index is 1.68. The molecule has 3 aromatic heterocycles. The van der Waals surface area contributed by atoms with E-state index in [9.17, 15) is 4.79 Å². The molecule has 0 atom stereocenters. The number of amides is 1. The molecule has 0 unspecified atom stereocenters. The zero-order chi connectivity index (χ0) is 15.5. The van der Waals surface area contributed by atoms with Crippen molar-refractivity contribution >= 4 is 28.4 Å². The third-order valence-electron chi connectivity index (χ3n) is 3.50. The highest BCUT2D eigenvalue weighted by molar-refractivity contribution is 7.13. The van der Waals surface area contributed by atoms with Crippen LogP contribution in [0.2, 0.25) is 0 Å². The van der Waals surface area contributed by atoms with Gasteiger partial charge in [0.25, 0.3) is 5.91 Å². The number of hydrogen-bond donors (Lipinski definition) is 1. The van der Waals surface area contributed by atoms with Crippen LogP contribution in [0.15, 0.2) is 30.5 Å². The van der Waals surface area contributed by atoms with Gasteiger partial charge < -0.3 is 9.88 Å². The standard InChI is InChI=1S/C16H18N4OS/c1-3-20-14(19-12-5-4-9-17-15(12)20)8-10-18-16(21)13-7-6-11(2)22-13/h4-7,9H,3,8,10H2,1-2H3,(H,18,21). The molecule has 0 bridgehead atoms. The normalized spacial score (nSPS) is 11.0. The second-order valence-corrected chi connectivity index (χ2v) is 6.32. The highest BCUT2D eigenvalue weighted by Crippen LogP contribution is 2.15. The van der Waals surface area contributed by atoms with Gasteiger partial charge in [-0.15, -0.1) is 11.3 Å². The van der Waals surface area contributed by atoms with E-state index in [0.717, 1.165) is 33.3 Å². The van der Waals surface area contributed by atoms with Gasteiger partial charge in [-0.1, -0.05) is 0 Å².